The molecule has 2 unspecified atom stereocenters. The molecule has 0 N–H and O–H groups in total. The van der Waals surface area contributed by atoms with Gasteiger partial charge in [0.05, 0.1) is 17.9 Å². The van der Waals surface area contributed by atoms with Crippen LogP contribution < -0.4 is 0 Å². The third-order valence-electron chi connectivity index (χ3n) is 4.44. The molecule has 0 radical (unpaired) electrons. The summed E-state index contributed by atoms with van der Waals surface area (Å²) in [6.07, 6.45) is 0.829. The first-order valence-electron chi connectivity index (χ1n) is 9.23. The van der Waals surface area contributed by atoms with E-state index in [2.05, 4.69) is 10.1 Å². The van der Waals surface area contributed by atoms with Gasteiger partial charge in [0.25, 0.3) is 0 Å². The molecule has 0 fully saturated rings. The molecule has 0 aliphatic rings. The van der Waals surface area contributed by atoms with Gasteiger partial charge in [-0.15, -0.1) is 5.10 Å². The van der Waals surface area contributed by atoms with Crippen LogP contribution in [0.3, 0.4) is 0 Å². The van der Waals surface area contributed by atoms with Gasteiger partial charge in [0.1, 0.15) is 5.78 Å². The van der Waals surface area contributed by atoms with E-state index >= 15 is 0 Å². The summed E-state index contributed by atoms with van der Waals surface area (Å²) in [4.78, 5) is 42.5. The Morgan fingerprint density at radius 1 is 1.21 bits per heavy atom. The van der Waals surface area contributed by atoms with Crippen molar-refractivity contribution >= 4 is 29.5 Å². The number of ketones is 1. The average molecular weight is 419 g/mol. The van der Waals surface area contributed by atoms with Gasteiger partial charge in [-0.3, -0.25) is 4.79 Å². The highest BCUT2D eigenvalue weighted by Gasteiger charge is 2.26. The maximum atomic E-state index is 12.6. The van der Waals surface area contributed by atoms with Crippen molar-refractivity contribution in [2.75, 3.05) is 21.2 Å². The molecule has 1 aromatic heterocycles. The Bertz CT molecular complexity index is 892. The number of carbonyl (C=O) groups excluding carboxylic acids is 3. The van der Waals surface area contributed by atoms with Crippen molar-refractivity contribution < 1.29 is 19.1 Å². The first kappa shape index (κ1) is 22.6. The standard InChI is InChI=1S/C20H26N4O4S/c1-7-12(2)17-21-19(24(22-17)20(27)23(4)5)29-16(13(3)25)14-8-10-15(11-9-14)18(26)28-6/h8-12,16H,7H2,1-6H3. The minimum absolute atomic E-state index is 0.0840. The van der Waals surface area contributed by atoms with Crippen LogP contribution in [0.25, 0.3) is 0 Å². The molecule has 2 atom stereocenters. The van der Waals surface area contributed by atoms with Crippen molar-refractivity contribution in [3.8, 4) is 0 Å². The van der Waals surface area contributed by atoms with E-state index in [0.29, 0.717) is 22.1 Å². The molecule has 1 aromatic carbocycles. The van der Waals surface area contributed by atoms with Gasteiger partial charge < -0.3 is 9.64 Å². The summed E-state index contributed by atoms with van der Waals surface area (Å²) in [6.45, 7) is 5.49. The van der Waals surface area contributed by atoms with E-state index in [1.54, 1.807) is 38.4 Å². The zero-order chi connectivity index (χ0) is 21.7. The van der Waals surface area contributed by atoms with Crippen LogP contribution in [-0.4, -0.2) is 58.7 Å². The van der Waals surface area contributed by atoms with Gasteiger partial charge in [0, 0.05) is 20.0 Å². The Balaban J connectivity index is 2.41. The molecule has 8 nitrogen and oxygen atoms in total. The Hall–Kier alpha value is -2.68. The summed E-state index contributed by atoms with van der Waals surface area (Å²) in [5.41, 5.74) is 1.10. The largest absolute Gasteiger partial charge is 0.465 e. The second-order valence-electron chi connectivity index (χ2n) is 6.87. The Labute approximate surface area is 174 Å². The number of Topliss-reactive ketones (excluding diaryl/α,β-unsaturated/α-hetero) is 1. The number of aromatic nitrogens is 3. The molecule has 29 heavy (non-hydrogen) atoms. The van der Waals surface area contributed by atoms with Crippen molar-refractivity contribution in [2.24, 2.45) is 0 Å². The molecule has 1 heterocycles. The van der Waals surface area contributed by atoms with Crippen LogP contribution >= 0.6 is 11.8 Å². The molecule has 0 saturated carbocycles. The van der Waals surface area contributed by atoms with Crippen LogP contribution in [0.1, 0.15) is 60.1 Å². The number of esters is 1. The second-order valence-corrected chi connectivity index (χ2v) is 7.95. The van der Waals surface area contributed by atoms with Gasteiger partial charge >= 0.3 is 12.0 Å². The molecule has 156 valence electrons. The SMILES string of the molecule is CCC(C)c1nc(SC(C(C)=O)c2ccc(C(=O)OC)cc2)n(C(=O)N(C)C)n1. The lowest BCUT2D eigenvalue weighted by molar-refractivity contribution is -0.116. The van der Waals surface area contributed by atoms with Crippen molar-refractivity contribution in [3.63, 3.8) is 0 Å². The highest BCUT2D eigenvalue weighted by atomic mass is 32.2. The van der Waals surface area contributed by atoms with Crippen molar-refractivity contribution in [2.45, 2.75) is 43.5 Å². The summed E-state index contributed by atoms with van der Waals surface area (Å²) in [5.74, 6) is 0.102. The zero-order valence-electron chi connectivity index (χ0n) is 17.5. The van der Waals surface area contributed by atoms with Crippen LogP contribution in [0.15, 0.2) is 29.4 Å². The molecular weight excluding hydrogens is 392 g/mol. The van der Waals surface area contributed by atoms with Crippen molar-refractivity contribution in [1.82, 2.24) is 19.7 Å². The monoisotopic (exact) mass is 418 g/mol. The number of nitrogens with zero attached hydrogens (tertiary/aromatic N) is 4. The number of carbonyl (C=O) groups is 3. The highest BCUT2D eigenvalue weighted by molar-refractivity contribution is 8.00. The van der Waals surface area contributed by atoms with Gasteiger partial charge in [-0.2, -0.15) is 4.68 Å². The summed E-state index contributed by atoms with van der Waals surface area (Å²) in [7, 11) is 4.58. The molecule has 0 saturated heterocycles. The van der Waals surface area contributed by atoms with Crippen molar-refractivity contribution in [1.29, 1.82) is 0 Å². The fourth-order valence-electron chi connectivity index (χ4n) is 2.50. The van der Waals surface area contributed by atoms with E-state index in [0.717, 1.165) is 6.42 Å². The maximum absolute atomic E-state index is 12.6. The Morgan fingerprint density at radius 2 is 1.83 bits per heavy atom. The smallest absolute Gasteiger partial charge is 0.346 e. The van der Waals surface area contributed by atoms with Gasteiger partial charge in [-0.1, -0.05) is 37.7 Å². The van der Waals surface area contributed by atoms with E-state index in [1.165, 1.54) is 35.4 Å². The summed E-state index contributed by atoms with van der Waals surface area (Å²) in [6, 6.07) is 6.29. The number of methoxy groups -OCH3 is 1. The lowest BCUT2D eigenvalue weighted by Crippen LogP contribution is -2.29. The summed E-state index contributed by atoms with van der Waals surface area (Å²) in [5, 5.41) is 4.14. The average Bonchev–Trinajstić information content (AvgIpc) is 3.13. The van der Waals surface area contributed by atoms with E-state index in [9.17, 15) is 14.4 Å². The van der Waals surface area contributed by atoms with Crippen LogP contribution in [0.2, 0.25) is 0 Å². The third kappa shape index (κ3) is 5.23. The van der Waals surface area contributed by atoms with E-state index in [4.69, 9.17) is 4.74 Å². The highest BCUT2D eigenvalue weighted by Crippen LogP contribution is 2.36. The molecule has 9 heteroatoms. The van der Waals surface area contributed by atoms with Gasteiger partial charge in [0.2, 0.25) is 0 Å². The number of thioether (sulfide) groups is 1. The number of hydrogen-bond donors (Lipinski definition) is 0. The minimum atomic E-state index is -0.593. The molecule has 0 spiro atoms. The van der Waals surface area contributed by atoms with Crippen LogP contribution in [-0.2, 0) is 9.53 Å². The fourth-order valence-corrected chi connectivity index (χ4v) is 3.53. The second kappa shape index (κ2) is 9.69. The van der Waals surface area contributed by atoms with E-state index in [-0.39, 0.29) is 17.7 Å². The maximum Gasteiger partial charge on any atom is 0.346 e. The van der Waals surface area contributed by atoms with Crippen LogP contribution in [0.5, 0.6) is 0 Å². The molecule has 2 aromatic rings. The first-order chi connectivity index (χ1) is 13.7. The first-order valence-corrected chi connectivity index (χ1v) is 10.1. The zero-order valence-corrected chi connectivity index (χ0v) is 18.3. The summed E-state index contributed by atoms with van der Waals surface area (Å²) >= 11 is 1.17. The number of hydrogen-bond acceptors (Lipinski definition) is 7. The number of benzene rings is 1. The number of amides is 1. The Morgan fingerprint density at radius 3 is 2.31 bits per heavy atom. The fraction of sp³-hybridized carbons (Fsp3) is 0.450. The number of rotatable bonds is 7. The molecule has 0 bridgehead atoms. The summed E-state index contributed by atoms with van der Waals surface area (Å²) < 4.78 is 5.95. The van der Waals surface area contributed by atoms with Gasteiger partial charge in [0.15, 0.2) is 11.0 Å². The lowest BCUT2D eigenvalue weighted by atomic mass is 10.1. The molecular formula is C20H26N4O4S. The third-order valence-corrected chi connectivity index (χ3v) is 5.75. The van der Waals surface area contributed by atoms with Gasteiger partial charge in [-0.25, -0.2) is 14.6 Å². The van der Waals surface area contributed by atoms with Crippen LogP contribution in [0.4, 0.5) is 4.79 Å². The topological polar surface area (TPSA) is 94.4 Å². The minimum Gasteiger partial charge on any atom is -0.465 e. The van der Waals surface area contributed by atoms with Crippen LogP contribution in [0, 0.1) is 0 Å². The van der Waals surface area contributed by atoms with E-state index in [1.807, 2.05) is 13.8 Å². The molecule has 0 aliphatic carbocycles. The van der Waals surface area contributed by atoms with E-state index < -0.39 is 11.2 Å². The molecule has 1 amide bonds. The molecule has 0 aliphatic heterocycles. The number of ether oxygens (including phenoxy) is 1. The Kier molecular flexibility index (Phi) is 7.55. The predicted molar refractivity (Wildman–Crippen MR) is 110 cm³/mol. The molecule has 2 rings (SSSR count). The predicted octanol–water partition coefficient (Wildman–Crippen LogP) is 3.53. The normalized spacial score (nSPS) is 12.9. The lowest BCUT2D eigenvalue weighted by Gasteiger charge is -2.15. The van der Waals surface area contributed by atoms with Gasteiger partial charge in [-0.05, 0) is 31.0 Å². The quantitative estimate of drug-likeness (QED) is 0.501. The van der Waals surface area contributed by atoms with Crippen molar-refractivity contribution in [3.05, 3.63) is 41.2 Å².